The Hall–Kier alpha value is -1.22. The average Bonchev–Trinajstić information content (AvgIpc) is 2.45. The van der Waals surface area contributed by atoms with Crippen LogP contribution in [0.4, 0.5) is 0 Å². The lowest BCUT2D eigenvalue weighted by molar-refractivity contribution is 0.301. The summed E-state index contributed by atoms with van der Waals surface area (Å²) in [5.74, 6) is 1.84. The molecule has 19 heavy (non-hydrogen) atoms. The van der Waals surface area contributed by atoms with E-state index < -0.39 is 0 Å². The second-order valence-corrected chi connectivity index (χ2v) is 4.63. The van der Waals surface area contributed by atoms with Crippen LogP contribution in [0, 0.1) is 0 Å². The molecule has 0 amide bonds. The van der Waals surface area contributed by atoms with Crippen molar-refractivity contribution in [3.05, 3.63) is 24.3 Å². The molecule has 0 aromatic heterocycles. The second kappa shape index (κ2) is 10.7. The van der Waals surface area contributed by atoms with E-state index in [1.165, 1.54) is 6.42 Å². The van der Waals surface area contributed by atoms with Crippen LogP contribution in [0.25, 0.3) is 0 Å². The first-order valence-corrected chi connectivity index (χ1v) is 7.43. The molecule has 0 atom stereocenters. The zero-order valence-corrected chi connectivity index (χ0v) is 12.3. The van der Waals surface area contributed by atoms with Gasteiger partial charge in [-0.2, -0.15) is 0 Å². The molecule has 0 aliphatic rings. The molecule has 1 N–H and O–H groups in total. The van der Waals surface area contributed by atoms with Crippen molar-refractivity contribution >= 4 is 0 Å². The van der Waals surface area contributed by atoms with Gasteiger partial charge < -0.3 is 14.8 Å². The summed E-state index contributed by atoms with van der Waals surface area (Å²) in [6.07, 6.45) is 4.48. The third kappa shape index (κ3) is 7.73. The highest BCUT2D eigenvalue weighted by atomic mass is 16.5. The Morgan fingerprint density at radius 2 is 1.42 bits per heavy atom. The molecule has 0 bridgehead atoms. The molecule has 0 unspecified atom stereocenters. The lowest BCUT2D eigenvalue weighted by Gasteiger charge is -2.08. The van der Waals surface area contributed by atoms with Gasteiger partial charge in [-0.05, 0) is 63.0 Å². The van der Waals surface area contributed by atoms with Gasteiger partial charge in [0.05, 0.1) is 13.2 Å². The smallest absolute Gasteiger partial charge is 0.119 e. The highest BCUT2D eigenvalue weighted by Crippen LogP contribution is 2.17. The Morgan fingerprint density at radius 3 is 2.00 bits per heavy atom. The molecule has 0 aliphatic carbocycles. The summed E-state index contributed by atoms with van der Waals surface area (Å²) in [5, 5.41) is 3.39. The van der Waals surface area contributed by atoms with Crippen LogP contribution in [-0.2, 0) is 0 Å². The average molecular weight is 265 g/mol. The van der Waals surface area contributed by atoms with Crippen molar-refractivity contribution in [2.24, 2.45) is 0 Å². The first-order valence-electron chi connectivity index (χ1n) is 7.43. The Morgan fingerprint density at radius 1 is 0.789 bits per heavy atom. The van der Waals surface area contributed by atoms with E-state index in [0.29, 0.717) is 0 Å². The maximum absolute atomic E-state index is 5.69. The summed E-state index contributed by atoms with van der Waals surface area (Å²) in [6.45, 7) is 8.03. The summed E-state index contributed by atoms with van der Waals surface area (Å²) in [4.78, 5) is 0. The molecule has 0 fully saturated rings. The quantitative estimate of drug-likeness (QED) is 0.620. The van der Waals surface area contributed by atoms with E-state index in [2.05, 4.69) is 19.2 Å². The molecule has 3 heteroatoms. The summed E-state index contributed by atoms with van der Waals surface area (Å²) < 4.78 is 11.2. The van der Waals surface area contributed by atoms with Crippen LogP contribution in [0.2, 0.25) is 0 Å². The minimum Gasteiger partial charge on any atom is -0.494 e. The zero-order valence-electron chi connectivity index (χ0n) is 12.3. The van der Waals surface area contributed by atoms with Gasteiger partial charge in [-0.1, -0.05) is 13.8 Å². The lowest BCUT2D eigenvalue weighted by Crippen LogP contribution is -2.16. The van der Waals surface area contributed by atoms with Crippen molar-refractivity contribution in [3.63, 3.8) is 0 Å². The molecule has 1 aromatic carbocycles. The Labute approximate surface area is 117 Å². The monoisotopic (exact) mass is 265 g/mol. The van der Waals surface area contributed by atoms with Crippen molar-refractivity contribution in [2.45, 2.75) is 39.5 Å². The molecule has 0 saturated heterocycles. The van der Waals surface area contributed by atoms with Crippen LogP contribution in [0.1, 0.15) is 39.5 Å². The summed E-state index contributed by atoms with van der Waals surface area (Å²) in [7, 11) is 0. The van der Waals surface area contributed by atoms with E-state index in [1.807, 2.05) is 24.3 Å². The van der Waals surface area contributed by atoms with Gasteiger partial charge in [-0.15, -0.1) is 0 Å². The molecule has 1 rings (SSSR count). The largest absolute Gasteiger partial charge is 0.494 e. The SMILES string of the molecule is CCCNCCCCOc1ccc(OCCC)cc1. The molecular weight excluding hydrogens is 238 g/mol. The van der Waals surface area contributed by atoms with Gasteiger partial charge >= 0.3 is 0 Å². The Kier molecular flexibility index (Phi) is 8.90. The second-order valence-electron chi connectivity index (χ2n) is 4.63. The minimum absolute atomic E-state index is 0.769. The number of unbranched alkanes of at least 4 members (excludes halogenated alkanes) is 1. The van der Waals surface area contributed by atoms with Gasteiger partial charge in [0.25, 0.3) is 0 Å². The normalized spacial score (nSPS) is 10.4. The van der Waals surface area contributed by atoms with Crippen molar-refractivity contribution < 1.29 is 9.47 Å². The molecule has 0 radical (unpaired) electrons. The van der Waals surface area contributed by atoms with Crippen LogP contribution in [0.3, 0.4) is 0 Å². The topological polar surface area (TPSA) is 30.5 Å². The predicted octanol–water partition coefficient (Wildman–Crippen LogP) is 3.63. The number of ether oxygens (including phenoxy) is 2. The fourth-order valence-electron chi connectivity index (χ4n) is 1.70. The summed E-state index contributed by atoms with van der Waals surface area (Å²) in [5.41, 5.74) is 0. The molecule has 0 saturated carbocycles. The number of nitrogens with one attached hydrogen (secondary N) is 1. The van der Waals surface area contributed by atoms with Crippen molar-refractivity contribution in [2.75, 3.05) is 26.3 Å². The van der Waals surface area contributed by atoms with E-state index in [-0.39, 0.29) is 0 Å². The van der Waals surface area contributed by atoms with Gasteiger partial charge in [-0.3, -0.25) is 0 Å². The molecule has 3 nitrogen and oxygen atoms in total. The molecule has 0 aliphatic heterocycles. The number of benzene rings is 1. The first kappa shape index (κ1) is 15.8. The number of hydrogen-bond acceptors (Lipinski definition) is 3. The van der Waals surface area contributed by atoms with E-state index in [4.69, 9.17) is 9.47 Å². The van der Waals surface area contributed by atoms with Crippen LogP contribution >= 0.6 is 0 Å². The predicted molar refractivity (Wildman–Crippen MR) is 80.1 cm³/mol. The maximum Gasteiger partial charge on any atom is 0.119 e. The van der Waals surface area contributed by atoms with Crippen LogP contribution in [-0.4, -0.2) is 26.3 Å². The first-order chi connectivity index (χ1) is 9.36. The van der Waals surface area contributed by atoms with Crippen molar-refractivity contribution in [1.82, 2.24) is 5.32 Å². The maximum atomic E-state index is 5.69. The lowest BCUT2D eigenvalue weighted by atomic mass is 10.3. The van der Waals surface area contributed by atoms with Gasteiger partial charge in [0, 0.05) is 0 Å². The fourth-order valence-corrected chi connectivity index (χ4v) is 1.70. The molecular formula is C16H27NO2. The van der Waals surface area contributed by atoms with E-state index in [1.54, 1.807) is 0 Å². The highest BCUT2D eigenvalue weighted by Gasteiger charge is 1.96. The fraction of sp³-hybridized carbons (Fsp3) is 0.625. The van der Waals surface area contributed by atoms with Gasteiger partial charge in [-0.25, -0.2) is 0 Å². The number of hydrogen-bond donors (Lipinski definition) is 1. The Bertz CT molecular complexity index is 311. The third-order valence-electron chi connectivity index (χ3n) is 2.74. The summed E-state index contributed by atoms with van der Waals surface area (Å²) >= 11 is 0. The van der Waals surface area contributed by atoms with Crippen LogP contribution < -0.4 is 14.8 Å². The molecule has 1 aromatic rings. The van der Waals surface area contributed by atoms with Gasteiger partial charge in [0.2, 0.25) is 0 Å². The third-order valence-corrected chi connectivity index (χ3v) is 2.74. The van der Waals surface area contributed by atoms with Gasteiger partial charge in [0.1, 0.15) is 11.5 Å². The molecule has 0 spiro atoms. The highest BCUT2D eigenvalue weighted by molar-refractivity contribution is 5.31. The molecule has 108 valence electrons. The minimum atomic E-state index is 0.769. The van der Waals surface area contributed by atoms with Gasteiger partial charge in [0.15, 0.2) is 0 Å². The Balaban J connectivity index is 2.09. The van der Waals surface area contributed by atoms with Crippen molar-refractivity contribution in [1.29, 1.82) is 0 Å². The van der Waals surface area contributed by atoms with E-state index in [0.717, 1.165) is 57.1 Å². The van der Waals surface area contributed by atoms with E-state index >= 15 is 0 Å². The standard InChI is InChI=1S/C16H27NO2/c1-3-11-17-12-5-6-14-19-16-9-7-15(8-10-16)18-13-4-2/h7-10,17H,3-6,11-14H2,1-2H3. The van der Waals surface area contributed by atoms with Crippen LogP contribution in [0.5, 0.6) is 11.5 Å². The molecule has 0 heterocycles. The van der Waals surface area contributed by atoms with Crippen molar-refractivity contribution in [3.8, 4) is 11.5 Å². The van der Waals surface area contributed by atoms with E-state index in [9.17, 15) is 0 Å². The zero-order chi connectivity index (χ0) is 13.8. The summed E-state index contributed by atoms with van der Waals surface area (Å²) in [6, 6.07) is 7.88. The number of rotatable bonds is 11. The van der Waals surface area contributed by atoms with Crippen LogP contribution in [0.15, 0.2) is 24.3 Å².